The lowest BCUT2D eigenvalue weighted by molar-refractivity contribution is -0.167. The van der Waals surface area contributed by atoms with Crippen molar-refractivity contribution in [3.8, 4) is 0 Å². The molecule has 0 bridgehead atoms. The number of carbonyl (C=O) groups is 2. The number of H-pyrrole nitrogens is 1. The zero-order valence-corrected chi connectivity index (χ0v) is 8.73. The monoisotopic (exact) mass is 214 g/mol. The fourth-order valence-electron chi connectivity index (χ4n) is 0.595. The highest BCUT2D eigenvalue weighted by molar-refractivity contribution is 6.29. The van der Waals surface area contributed by atoms with Crippen LogP contribution in [0.2, 0.25) is 0 Å². The molecule has 15 heavy (non-hydrogen) atoms. The lowest BCUT2D eigenvalue weighted by Crippen LogP contribution is -2.19. The van der Waals surface area contributed by atoms with Crippen molar-refractivity contribution in [3.63, 3.8) is 0 Å². The Bertz CT molecular complexity index is 238. The SMILES string of the molecule is CCOC(=O)C(=O)OCC.c1cn[nH]c1. The first-order chi connectivity index (χ1) is 7.22. The Morgan fingerprint density at radius 1 is 1.20 bits per heavy atom. The molecule has 1 heterocycles. The lowest BCUT2D eigenvalue weighted by atomic mass is 10.7. The van der Waals surface area contributed by atoms with Crippen LogP contribution in [0.15, 0.2) is 18.5 Å². The van der Waals surface area contributed by atoms with E-state index < -0.39 is 11.9 Å². The van der Waals surface area contributed by atoms with Crippen molar-refractivity contribution >= 4 is 11.9 Å². The molecule has 0 aliphatic heterocycles. The van der Waals surface area contributed by atoms with Gasteiger partial charge in [0.05, 0.1) is 13.2 Å². The van der Waals surface area contributed by atoms with Gasteiger partial charge in [0.25, 0.3) is 0 Å². The summed E-state index contributed by atoms with van der Waals surface area (Å²) in [5.74, 6) is -1.85. The summed E-state index contributed by atoms with van der Waals surface area (Å²) in [4.78, 5) is 20.9. The van der Waals surface area contributed by atoms with Crippen LogP contribution in [-0.2, 0) is 19.1 Å². The second kappa shape index (κ2) is 8.74. The Labute approximate surface area is 87.6 Å². The number of carbonyl (C=O) groups excluding carboxylic acids is 2. The number of nitrogens with zero attached hydrogens (tertiary/aromatic N) is 1. The molecule has 1 aromatic rings. The molecule has 1 rings (SSSR count). The highest BCUT2D eigenvalue weighted by Crippen LogP contribution is 1.82. The summed E-state index contributed by atoms with van der Waals surface area (Å²) in [6, 6.07) is 1.83. The summed E-state index contributed by atoms with van der Waals surface area (Å²) >= 11 is 0. The first-order valence-electron chi connectivity index (χ1n) is 4.50. The van der Waals surface area contributed by atoms with E-state index in [4.69, 9.17) is 0 Å². The van der Waals surface area contributed by atoms with Gasteiger partial charge in [0.2, 0.25) is 0 Å². The van der Waals surface area contributed by atoms with Crippen LogP contribution in [0.25, 0.3) is 0 Å². The molecule has 0 aliphatic carbocycles. The minimum absolute atomic E-state index is 0.192. The summed E-state index contributed by atoms with van der Waals surface area (Å²) in [6.07, 6.45) is 3.46. The molecular formula is C9H14N2O4. The van der Waals surface area contributed by atoms with Gasteiger partial charge in [0.1, 0.15) is 0 Å². The van der Waals surface area contributed by atoms with Crippen LogP contribution in [0.4, 0.5) is 0 Å². The Balaban J connectivity index is 0.000000322. The van der Waals surface area contributed by atoms with Crippen molar-refractivity contribution in [1.29, 1.82) is 0 Å². The molecule has 0 unspecified atom stereocenters. The Kier molecular flexibility index (Phi) is 7.66. The van der Waals surface area contributed by atoms with Crippen LogP contribution < -0.4 is 0 Å². The number of ether oxygens (including phenoxy) is 2. The summed E-state index contributed by atoms with van der Waals surface area (Å²) in [6.45, 7) is 3.63. The lowest BCUT2D eigenvalue weighted by Gasteiger charge is -1.99. The van der Waals surface area contributed by atoms with Gasteiger partial charge in [-0.05, 0) is 19.9 Å². The van der Waals surface area contributed by atoms with E-state index in [0.29, 0.717) is 0 Å². The molecule has 1 N–H and O–H groups in total. The van der Waals surface area contributed by atoms with Gasteiger partial charge in [-0.25, -0.2) is 9.59 Å². The highest BCUT2D eigenvalue weighted by atomic mass is 16.6. The maximum Gasteiger partial charge on any atom is 0.417 e. The van der Waals surface area contributed by atoms with Crippen molar-refractivity contribution in [3.05, 3.63) is 18.5 Å². The van der Waals surface area contributed by atoms with E-state index in [0.717, 1.165) is 0 Å². The molecule has 0 radical (unpaired) electrons. The number of rotatable bonds is 2. The first-order valence-corrected chi connectivity index (χ1v) is 4.50. The van der Waals surface area contributed by atoms with Gasteiger partial charge < -0.3 is 9.47 Å². The first kappa shape index (κ1) is 13.2. The van der Waals surface area contributed by atoms with E-state index in [2.05, 4.69) is 19.7 Å². The second-order valence-electron chi connectivity index (χ2n) is 2.21. The van der Waals surface area contributed by atoms with Crippen LogP contribution >= 0.6 is 0 Å². The summed E-state index contributed by atoms with van der Waals surface area (Å²) in [7, 11) is 0. The minimum Gasteiger partial charge on any atom is -0.458 e. The maximum absolute atomic E-state index is 10.4. The van der Waals surface area contributed by atoms with E-state index in [-0.39, 0.29) is 13.2 Å². The van der Waals surface area contributed by atoms with Gasteiger partial charge in [-0.3, -0.25) is 5.10 Å². The van der Waals surface area contributed by atoms with E-state index >= 15 is 0 Å². The molecule has 0 spiro atoms. The number of nitrogens with one attached hydrogen (secondary N) is 1. The van der Waals surface area contributed by atoms with E-state index in [9.17, 15) is 9.59 Å². The average molecular weight is 214 g/mol. The van der Waals surface area contributed by atoms with E-state index in [1.165, 1.54) is 0 Å². The Hall–Kier alpha value is -1.85. The quantitative estimate of drug-likeness (QED) is 0.573. The molecular weight excluding hydrogens is 200 g/mol. The van der Waals surface area contributed by atoms with Gasteiger partial charge in [0, 0.05) is 12.4 Å². The summed E-state index contributed by atoms with van der Waals surface area (Å²) in [5.41, 5.74) is 0. The molecule has 84 valence electrons. The normalized spacial score (nSPS) is 8.40. The zero-order valence-electron chi connectivity index (χ0n) is 8.73. The summed E-state index contributed by atoms with van der Waals surface area (Å²) in [5, 5.41) is 6.21. The molecule has 6 heteroatoms. The van der Waals surface area contributed by atoms with Gasteiger partial charge in [-0.15, -0.1) is 0 Å². The summed E-state index contributed by atoms with van der Waals surface area (Å²) < 4.78 is 8.69. The molecule has 6 nitrogen and oxygen atoms in total. The van der Waals surface area contributed by atoms with Crippen LogP contribution in [0.3, 0.4) is 0 Å². The fourth-order valence-corrected chi connectivity index (χ4v) is 0.595. The third kappa shape index (κ3) is 7.24. The molecule has 0 amide bonds. The molecule has 1 aromatic heterocycles. The van der Waals surface area contributed by atoms with Crippen LogP contribution in [0.5, 0.6) is 0 Å². The molecule has 0 saturated heterocycles. The highest BCUT2D eigenvalue weighted by Gasteiger charge is 2.14. The fraction of sp³-hybridized carbons (Fsp3) is 0.444. The number of esters is 2. The maximum atomic E-state index is 10.4. The molecule has 0 aromatic carbocycles. The van der Waals surface area contributed by atoms with Crippen LogP contribution in [0.1, 0.15) is 13.8 Å². The predicted octanol–water partition coefficient (Wildman–Crippen LogP) is 0.522. The largest absolute Gasteiger partial charge is 0.458 e. The van der Waals surface area contributed by atoms with Crippen LogP contribution in [0, 0.1) is 0 Å². The van der Waals surface area contributed by atoms with Crippen molar-refractivity contribution < 1.29 is 19.1 Å². The number of aromatic amines is 1. The van der Waals surface area contributed by atoms with Gasteiger partial charge in [-0.2, -0.15) is 5.10 Å². The number of hydrogen-bond acceptors (Lipinski definition) is 5. The van der Waals surface area contributed by atoms with E-state index in [1.807, 2.05) is 6.07 Å². The standard InChI is InChI=1S/C6H10O4.C3H4N2/c1-3-9-5(7)6(8)10-4-2;1-2-4-5-3-1/h3-4H2,1-2H3;1-3H,(H,4,5). The average Bonchev–Trinajstić information content (AvgIpc) is 2.76. The Morgan fingerprint density at radius 2 is 1.73 bits per heavy atom. The molecule has 0 saturated carbocycles. The van der Waals surface area contributed by atoms with E-state index in [1.54, 1.807) is 26.2 Å². The van der Waals surface area contributed by atoms with Gasteiger partial charge in [0.15, 0.2) is 0 Å². The second-order valence-corrected chi connectivity index (χ2v) is 2.21. The molecule has 0 aliphatic rings. The van der Waals surface area contributed by atoms with Gasteiger partial charge >= 0.3 is 11.9 Å². The number of hydrogen-bond donors (Lipinski definition) is 1. The number of aromatic nitrogens is 2. The van der Waals surface area contributed by atoms with Crippen molar-refractivity contribution in [1.82, 2.24) is 10.2 Å². The smallest absolute Gasteiger partial charge is 0.417 e. The Morgan fingerprint density at radius 3 is 1.93 bits per heavy atom. The topological polar surface area (TPSA) is 81.3 Å². The van der Waals surface area contributed by atoms with Crippen LogP contribution in [-0.4, -0.2) is 35.3 Å². The van der Waals surface area contributed by atoms with Crippen molar-refractivity contribution in [2.45, 2.75) is 13.8 Å². The van der Waals surface area contributed by atoms with Crippen molar-refractivity contribution in [2.24, 2.45) is 0 Å². The van der Waals surface area contributed by atoms with Gasteiger partial charge in [-0.1, -0.05) is 0 Å². The molecule has 0 fully saturated rings. The zero-order chi connectivity index (χ0) is 11.5. The minimum atomic E-state index is -0.927. The molecule has 0 atom stereocenters. The van der Waals surface area contributed by atoms with Crippen molar-refractivity contribution in [2.75, 3.05) is 13.2 Å². The third-order valence-corrected chi connectivity index (χ3v) is 1.12. The third-order valence-electron chi connectivity index (χ3n) is 1.12. The predicted molar refractivity (Wildman–Crippen MR) is 51.9 cm³/mol.